The molecule has 0 radical (unpaired) electrons. The second kappa shape index (κ2) is 11.5. The number of carbonyl (C=O) groups excluding carboxylic acids is 2. The molecule has 0 saturated carbocycles. The van der Waals surface area contributed by atoms with E-state index in [-0.39, 0.29) is 22.8 Å². The van der Waals surface area contributed by atoms with Gasteiger partial charge in [-0.25, -0.2) is 4.79 Å². The molecule has 1 aliphatic heterocycles. The fraction of sp³-hybridized carbons (Fsp3) is 0.333. The number of methoxy groups -OCH3 is 4. The second-order valence-electron chi connectivity index (χ2n) is 7.56. The third kappa shape index (κ3) is 5.41. The molecule has 3 rings (SSSR count). The molecule has 1 aromatic heterocycles. The summed E-state index contributed by atoms with van der Waals surface area (Å²) in [7, 11) is 5.70. The highest BCUT2D eigenvalue weighted by atomic mass is 32.2. The number of ether oxygens (including phenoxy) is 4. The predicted octanol–water partition coefficient (Wildman–Crippen LogP) is 3.25. The van der Waals surface area contributed by atoms with E-state index in [4.69, 9.17) is 23.5 Å². The van der Waals surface area contributed by atoms with Gasteiger partial charge in [-0.15, -0.1) is 0 Å². The molecule has 12 heteroatoms. The number of allylic oxidation sites excluding steroid dienone is 2. The van der Waals surface area contributed by atoms with E-state index >= 15 is 0 Å². The first-order chi connectivity index (χ1) is 17.3. The first-order valence-corrected chi connectivity index (χ1v) is 11.6. The number of rotatable bonds is 9. The normalized spacial score (nSPS) is 15.1. The van der Waals surface area contributed by atoms with Gasteiger partial charge in [0, 0.05) is 11.8 Å². The van der Waals surface area contributed by atoms with E-state index in [0.717, 1.165) is 11.8 Å². The van der Waals surface area contributed by atoms with Gasteiger partial charge >= 0.3 is 5.97 Å². The van der Waals surface area contributed by atoms with Crippen molar-refractivity contribution in [1.29, 1.82) is 5.26 Å². The van der Waals surface area contributed by atoms with Gasteiger partial charge in [0.1, 0.15) is 5.76 Å². The molecule has 2 aromatic rings. The summed E-state index contributed by atoms with van der Waals surface area (Å²) in [5.74, 6) is 0.161. The van der Waals surface area contributed by atoms with Gasteiger partial charge in [-0.1, -0.05) is 16.9 Å². The molecule has 11 nitrogen and oxygen atoms in total. The molecule has 1 amide bonds. The number of thioether (sulfide) groups is 1. The number of amides is 1. The average Bonchev–Trinajstić information content (AvgIpc) is 3.29. The van der Waals surface area contributed by atoms with Crippen LogP contribution in [0.4, 0.5) is 5.82 Å². The van der Waals surface area contributed by atoms with Crippen molar-refractivity contribution >= 4 is 29.5 Å². The van der Waals surface area contributed by atoms with Crippen molar-refractivity contribution in [2.45, 2.75) is 19.8 Å². The summed E-state index contributed by atoms with van der Waals surface area (Å²) in [6.45, 7) is 3.41. The van der Waals surface area contributed by atoms with Crippen LogP contribution in [0.3, 0.4) is 0 Å². The summed E-state index contributed by atoms with van der Waals surface area (Å²) in [6, 6.07) is 7.14. The van der Waals surface area contributed by atoms with Crippen molar-refractivity contribution < 1.29 is 33.1 Å². The minimum Gasteiger partial charge on any atom is -0.493 e. The minimum atomic E-state index is -0.818. The lowest BCUT2D eigenvalue weighted by atomic mass is 9.82. The van der Waals surface area contributed by atoms with Crippen molar-refractivity contribution in [3.8, 4) is 23.3 Å². The number of anilines is 1. The van der Waals surface area contributed by atoms with Gasteiger partial charge in [-0.05, 0) is 31.5 Å². The van der Waals surface area contributed by atoms with E-state index in [1.165, 1.54) is 28.4 Å². The molecule has 0 fully saturated rings. The number of esters is 1. The first-order valence-electron chi connectivity index (χ1n) is 10.6. The van der Waals surface area contributed by atoms with Crippen LogP contribution < -0.4 is 24.8 Å². The van der Waals surface area contributed by atoms with Gasteiger partial charge < -0.3 is 34.1 Å². The third-order valence-electron chi connectivity index (χ3n) is 5.32. The van der Waals surface area contributed by atoms with E-state index in [1.54, 1.807) is 32.0 Å². The van der Waals surface area contributed by atoms with E-state index in [0.29, 0.717) is 45.1 Å². The van der Waals surface area contributed by atoms with Crippen LogP contribution in [0.5, 0.6) is 17.2 Å². The van der Waals surface area contributed by atoms with Crippen LogP contribution in [-0.2, 0) is 14.3 Å². The standard InChI is InChI=1S/C24H26N4O7S/c1-12-7-18(28-35-12)27-19(29)11-36-23-15(10-25)21(20(13(2)26-23)24(30)34-6)14-8-16(31-3)22(33-5)17(9-14)32-4/h7-9,21,26H,11H2,1-6H3,(H,27,28,29). The second-order valence-corrected chi connectivity index (χ2v) is 8.55. The van der Waals surface area contributed by atoms with E-state index < -0.39 is 11.9 Å². The molecule has 36 heavy (non-hydrogen) atoms. The van der Waals surface area contributed by atoms with Crippen LogP contribution in [0.2, 0.25) is 0 Å². The van der Waals surface area contributed by atoms with Gasteiger partial charge in [0.25, 0.3) is 0 Å². The quantitative estimate of drug-likeness (QED) is 0.476. The van der Waals surface area contributed by atoms with Crippen molar-refractivity contribution in [1.82, 2.24) is 10.5 Å². The van der Waals surface area contributed by atoms with Crippen molar-refractivity contribution in [3.63, 3.8) is 0 Å². The SMILES string of the molecule is COC(=O)C1=C(C)NC(SCC(=O)Nc2cc(C)on2)=C(C#N)C1c1cc(OC)c(OC)c(OC)c1. The number of hydrogen-bond acceptors (Lipinski definition) is 11. The van der Waals surface area contributed by atoms with Gasteiger partial charge in [0.05, 0.1) is 62.4 Å². The number of dihydropyridines is 1. The van der Waals surface area contributed by atoms with Crippen LogP contribution in [0.1, 0.15) is 24.2 Å². The summed E-state index contributed by atoms with van der Waals surface area (Å²) in [5, 5.41) is 20.0. The largest absolute Gasteiger partial charge is 0.493 e. The number of aryl methyl sites for hydroxylation is 1. The third-order valence-corrected chi connectivity index (χ3v) is 6.33. The summed E-state index contributed by atoms with van der Waals surface area (Å²) in [6.07, 6.45) is 0. The molecule has 1 aliphatic rings. The van der Waals surface area contributed by atoms with Crippen LogP contribution >= 0.6 is 11.8 Å². The zero-order chi connectivity index (χ0) is 26.4. The number of nitrogens with zero attached hydrogens (tertiary/aromatic N) is 2. The monoisotopic (exact) mass is 514 g/mol. The maximum atomic E-state index is 12.8. The average molecular weight is 515 g/mol. The Labute approximate surface area is 212 Å². The lowest BCUT2D eigenvalue weighted by molar-refractivity contribution is -0.136. The van der Waals surface area contributed by atoms with Crippen molar-refractivity contribution in [3.05, 3.63) is 51.4 Å². The maximum absolute atomic E-state index is 12.8. The number of nitriles is 1. The maximum Gasteiger partial charge on any atom is 0.336 e. The lowest BCUT2D eigenvalue weighted by Gasteiger charge is -2.29. The van der Waals surface area contributed by atoms with Crippen LogP contribution in [-0.4, -0.2) is 51.2 Å². The molecule has 2 heterocycles. The van der Waals surface area contributed by atoms with Crippen molar-refractivity contribution in [2.24, 2.45) is 0 Å². The number of hydrogen-bond donors (Lipinski definition) is 2. The van der Waals surface area contributed by atoms with Crippen molar-refractivity contribution in [2.75, 3.05) is 39.5 Å². The highest BCUT2D eigenvalue weighted by Crippen LogP contribution is 2.46. The Morgan fingerprint density at radius 3 is 2.31 bits per heavy atom. The lowest BCUT2D eigenvalue weighted by Crippen LogP contribution is -2.29. The fourth-order valence-electron chi connectivity index (χ4n) is 3.75. The predicted molar refractivity (Wildman–Crippen MR) is 132 cm³/mol. The number of nitrogens with one attached hydrogen (secondary N) is 2. The Kier molecular flexibility index (Phi) is 8.50. The Bertz CT molecular complexity index is 1250. The molecule has 2 N–H and O–H groups in total. The molecule has 0 bridgehead atoms. The number of benzene rings is 1. The van der Waals surface area contributed by atoms with E-state index in [9.17, 15) is 14.9 Å². The number of carbonyl (C=O) groups is 2. The van der Waals surface area contributed by atoms with E-state index in [2.05, 4.69) is 21.9 Å². The zero-order valence-electron chi connectivity index (χ0n) is 20.7. The van der Waals surface area contributed by atoms with E-state index in [1.807, 2.05) is 0 Å². The highest BCUT2D eigenvalue weighted by Gasteiger charge is 2.36. The summed E-state index contributed by atoms with van der Waals surface area (Å²) in [5.41, 5.74) is 1.50. The first kappa shape index (κ1) is 26.5. The van der Waals surface area contributed by atoms with Crippen LogP contribution in [0, 0.1) is 18.3 Å². The Hall–Kier alpha value is -4.11. The molecule has 190 valence electrons. The van der Waals surface area contributed by atoms with Crippen LogP contribution in [0.25, 0.3) is 0 Å². The summed E-state index contributed by atoms with van der Waals surface area (Å²) >= 11 is 1.12. The summed E-state index contributed by atoms with van der Waals surface area (Å²) < 4.78 is 26.3. The van der Waals surface area contributed by atoms with Crippen LogP contribution in [0.15, 0.2) is 44.6 Å². The molecule has 1 aromatic carbocycles. The van der Waals surface area contributed by atoms with Gasteiger partial charge in [-0.2, -0.15) is 5.26 Å². The molecule has 1 atom stereocenters. The molecule has 1 unspecified atom stereocenters. The molecule has 0 spiro atoms. The molecule has 0 aliphatic carbocycles. The van der Waals surface area contributed by atoms with Gasteiger partial charge in [0.15, 0.2) is 17.3 Å². The Morgan fingerprint density at radius 2 is 1.81 bits per heavy atom. The molecular formula is C24H26N4O7S. The Balaban J connectivity index is 2.04. The van der Waals surface area contributed by atoms with Gasteiger partial charge in [0.2, 0.25) is 11.7 Å². The smallest absolute Gasteiger partial charge is 0.336 e. The molecule has 0 saturated heterocycles. The Morgan fingerprint density at radius 1 is 1.14 bits per heavy atom. The summed E-state index contributed by atoms with van der Waals surface area (Å²) in [4.78, 5) is 25.3. The fourth-order valence-corrected chi connectivity index (χ4v) is 4.64. The highest BCUT2D eigenvalue weighted by molar-refractivity contribution is 8.03. The molecular weight excluding hydrogens is 488 g/mol. The van der Waals surface area contributed by atoms with Gasteiger partial charge in [-0.3, -0.25) is 4.79 Å². The minimum absolute atomic E-state index is 0.0256. The zero-order valence-corrected chi connectivity index (χ0v) is 21.5. The number of aromatic nitrogens is 1. The topological polar surface area (TPSA) is 145 Å².